The van der Waals surface area contributed by atoms with Crippen LogP contribution in [-0.2, 0) is 25.7 Å². The van der Waals surface area contributed by atoms with E-state index in [9.17, 15) is 9.59 Å². The van der Waals surface area contributed by atoms with Crippen molar-refractivity contribution in [1.29, 1.82) is 0 Å². The van der Waals surface area contributed by atoms with Gasteiger partial charge < -0.3 is 14.4 Å². The van der Waals surface area contributed by atoms with Gasteiger partial charge in [0.25, 0.3) is 0 Å². The van der Waals surface area contributed by atoms with Crippen LogP contribution in [0.2, 0.25) is 0 Å². The normalized spacial score (nSPS) is 26.8. The van der Waals surface area contributed by atoms with Crippen molar-refractivity contribution in [2.45, 2.75) is 24.4 Å². The number of hydrogen-bond donors (Lipinski definition) is 0. The van der Waals surface area contributed by atoms with Gasteiger partial charge in [0.2, 0.25) is 5.91 Å². The van der Waals surface area contributed by atoms with Crippen molar-refractivity contribution < 1.29 is 19.1 Å². The molecule has 0 saturated carbocycles. The van der Waals surface area contributed by atoms with E-state index in [1.807, 2.05) is 108 Å². The molecule has 2 saturated heterocycles. The molecule has 1 spiro atoms. The van der Waals surface area contributed by atoms with Crippen molar-refractivity contribution in [3.8, 4) is 0 Å². The summed E-state index contributed by atoms with van der Waals surface area (Å²) in [6.45, 7) is 0.585. The molecule has 3 aromatic rings. The number of fused-ring (bicyclic) bond motifs is 1. The molecule has 6 rings (SSSR count). The third-order valence-electron chi connectivity index (χ3n) is 7.17. The van der Waals surface area contributed by atoms with Gasteiger partial charge in [0.15, 0.2) is 0 Å². The van der Waals surface area contributed by atoms with E-state index in [0.29, 0.717) is 6.54 Å². The molecule has 34 heavy (non-hydrogen) atoms. The Morgan fingerprint density at radius 1 is 0.941 bits per heavy atom. The Bertz CT molecular complexity index is 1190. The fourth-order valence-corrected chi connectivity index (χ4v) is 5.66. The monoisotopic (exact) mass is 451 g/mol. The van der Waals surface area contributed by atoms with E-state index in [1.165, 1.54) is 0 Å². The molecule has 4 atom stereocenters. The fraction of sp³-hybridized carbons (Fsp3) is 0.241. The van der Waals surface area contributed by atoms with Crippen LogP contribution in [0.15, 0.2) is 103 Å². The smallest absolute Gasteiger partial charge is 0.313 e. The van der Waals surface area contributed by atoms with E-state index < -0.39 is 23.5 Å². The molecular weight excluding hydrogens is 426 g/mol. The van der Waals surface area contributed by atoms with E-state index in [0.717, 1.165) is 16.7 Å². The maximum Gasteiger partial charge on any atom is 0.313 e. The lowest BCUT2D eigenvalue weighted by molar-refractivity contribution is -0.155. The highest BCUT2D eigenvalue weighted by Gasteiger charge is 2.68. The van der Waals surface area contributed by atoms with Crippen LogP contribution in [0.25, 0.3) is 0 Å². The van der Waals surface area contributed by atoms with Crippen LogP contribution in [-0.4, -0.2) is 35.0 Å². The van der Waals surface area contributed by atoms with Crippen LogP contribution in [0.1, 0.15) is 22.7 Å². The van der Waals surface area contributed by atoms with E-state index in [1.54, 1.807) is 0 Å². The minimum absolute atomic E-state index is 0.0637. The number of nitrogens with zero attached hydrogens (tertiary/aromatic N) is 1. The van der Waals surface area contributed by atoms with E-state index in [2.05, 4.69) is 0 Å². The lowest BCUT2D eigenvalue weighted by atomic mass is 9.77. The first-order valence-electron chi connectivity index (χ1n) is 11.6. The summed E-state index contributed by atoms with van der Waals surface area (Å²) in [7, 11) is 0. The molecule has 3 aliphatic rings. The van der Waals surface area contributed by atoms with Crippen LogP contribution >= 0.6 is 0 Å². The highest BCUT2D eigenvalue weighted by atomic mass is 16.6. The number of rotatable bonds is 6. The second-order valence-electron chi connectivity index (χ2n) is 9.18. The average Bonchev–Trinajstić information content (AvgIpc) is 3.53. The Morgan fingerprint density at radius 2 is 1.53 bits per heavy atom. The van der Waals surface area contributed by atoms with E-state index in [4.69, 9.17) is 9.47 Å². The number of ether oxygens (including phenoxy) is 2. The highest BCUT2D eigenvalue weighted by molar-refractivity contribution is 5.91. The molecule has 5 nitrogen and oxygen atoms in total. The van der Waals surface area contributed by atoms with Gasteiger partial charge in [0, 0.05) is 0 Å². The number of likely N-dealkylation sites (tertiary alicyclic amines) is 1. The highest BCUT2D eigenvalue weighted by Crippen LogP contribution is 2.54. The molecule has 0 aliphatic carbocycles. The van der Waals surface area contributed by atoms with Gasteiger partial charge in [-0.1, -0.05) is 103 Å². The van der Waals surface area contributed by atoms with Crippen molar-refractivity contribution in [2.75, 3.05) is 6.54 Å². The molecule has 0 radical (unpaired) electrons. The van der Waals surface area contributed by atoms with Crippen molar-refractivity contribution in [3.63, 3.8) is 0 Å². The summed E-state index contributed by atoms with van der Waals surface area (Å²) in [5.41, 5.74) is 2.18. The molecule has 1 amide bonds. The number of hydrogen-bond acceptors (Lipinski definition) is 4. The SMILES string of the molecule is O=C(OCc1ccccc1)[C@@H]1[C@H]2C(=O)N(C(c3ccccc3)c3ccccc3)C[C@@]23C=C[C@H]1O3. The summed E-state index contributed by atoms with van der Waals surface area (Å²) in [5, 5.41) is 0. The number of amides is 1. The quantitative estimate of drug-likeness (QED) is 0.414. The maximum atomic E-state index is 14.0. The largest absolute Gasteiger partial charge is 0.460 e. The number of carbonyl (C=O) groups excluding carboxylic acids is 2. The third kappa shape index (κ3) is 3.35. The van der Waals surface area contributed by atoms with E-state index in [-0.39, 0.29) is 24.5 Å². The molecule has 0 aromatic heterocycles. The number of carbonyl (C=O) groups is 2. The number of benzene rings is 3. The molecule has 0 N–H and O–H groups in total. The second kappa shape index (κ2) is 8.26. The van der Waals surface area contributed by atoms with Gasteiger partial charge >= 0.3 is 5.97 Å². The topological polar surface area (TPSA) is 55.8 Å². The van der Waals surface area contributed by atoms with Gasteiger partial charge in [-0.15, -0.1) is 0 Å². The molecule has 2 fully saturated rings. The maximum absolute atomic E-state index is 14.0. The summed E-state index contributed by atoms with van der Waals surface area (Å²) < 4.78 is 12.0. The summed E-state index contributed by atoms with van der Waals surface area (Å²) in [6.07, 6.45) is 3.47. The van der Waals surface area contributed by atoms with Crippen LogP contribution in [0.3, 0.4) is 0 Å². The summed E-state index contributed by atoms with van der Waals surface area (Å²) in [6, 6.07) is 29.3. The summed E-state index contributed by atoms with van der Waals surface area (Å²) in [4.78, 5) is 29.0. The van der Waals surface area contributed by atoms with Gasteiger partial charge in [0.1, 0.15) is 18.1 Å². The average molecular weight is 452 g/mol. The molecule has 170 valence electrons. The van der Waals surface area contributed by atoms with E-state index >= 15 is 0 Å². The molecule has 3 aromatic carbocycles. The first-order chi connectivity index (χ1) is 16.7. The minimum Gasteiger partial charge on any atom is -0.460 e. The van der Waals surface area contributed by atoms with Gasteiger partial charge in [0.05, 0.1) is 24.6 Å². The van der Waals surface area contributed by atoms with Crippen LogP contribution in [0.4, 0.5) is 0 Å². The van der Waals surface area contributed by atoms with Crippen molar-refractivity contribution in [2.24, 2.45) is 11.8 Å². The predicted octanol–water partition coefficient (Wildman–Crippen LogP) is 4.30. The Balaban J connectivity index is 1.31. The zero-order valence-corrected chi connectivity index (χ0v) is 18.6. The Hall–Kier alpha value is -3.70. The minimum atomic E-state index is -0.792. The summed E-state index contributed by atoms with van der Waals surface area (Å²) in [5.74, 6) is -1.67. The fourth-order valence-electron chi connectivity index (χ4n) is 5.66. The van der Waals surface area contributed by atoms with Gasteiger partial charge in [-0.2, -0.15) is 0 Å². The lowest BCUT2D eigenvalue weighted by Crippen LogP contribution is -2.40. The Labute approximate surface area is 198 Å². The molecule has 5 heteroatoms. The molecule has 0 unspecified atom stereocenters. The van der Waals surface area contributed by atoms with Crippen molar-refractivity contribution in [3.05, 3.63) is 120 Å². The standard InChI is InChI=1S/C29H25NO4/c31-27-25-24(28(32)33-18-20-10-4-1-5-11-20)23-16-17-29(25,34-23)19-30(27)26(21-12-6-2-7-13-21)22-14-8-3-9-15-22/h1-17,23-26H,18-19H2/t23-,24+,25+,29+/m1/s1. The van der Waals surface area contributed by atoms with Gasteiger partial charge in [-0.3, -0.25) is 9.59 Å². The van der Waals surface area contributed by atoms with Crippen LogP contribution in [0, 0.1) is 11.8 Å². The van der Waals surface area contributed by atoms with Crippen LogP contribution in [0.5, 0.6) is 0 Å². The zero-order valence-electron chi connectivity index (χ0n) is 18.6. The lowest BCUT2D eigenvalue weighted by Gasteiger charge is -2.31. The first-order valence-corrected chi connectivity index (χ1v) is 11.6. The second-order valence-corrected chi connectivity index (χ2v) is 9.18. The Kier molecular flexibility index (Phi) is 5.07. The molecular formula is C29H25NO4. The molecule has 3 aliphatic heterocycles. The first kappa shape index (κ1) is 20.9. The Morgan fingerprint density at radius 3 is 2.15 bits per heavy atom. The molecule has 3 heterocycles. The van der Waals surface area contributed by atoms with Gasteiger partial charge in [-0.05, 0) is 16.7 Å². The van der Waals surface area contributed by atoms with Crippen molar-refractivity contribution in [1.82, 2.24) is 4.90 Å². The summed E-state index contributed by atoms with van der Waals surface area (Å²) >= 11 is 0. The number of esters is 1. The van der Waals surface area contributed by atoms with Gasteiger partial charge in [-0.25, -0.2) is 0 Å². The third-order valence-corrected chi connectivity index (χ3v) is 7.17. The molecule has 2 bridgehead atoms. The zero-order chi connectivity index (χ0) is 23.1. The predicted molar refractivity (Wildman–Crippen MR) is 126 cm³/mol. The van der Waals surface area contributed by atoms with Crippen molar-refractivity contribution >= 4 is 11.9 Å². The van der Waals surface area contributed by atoms with Crippen LogP contribution < -0.4 is 0 Å².